The minimum atomic E-state index is 0.456. The van der Waals surface area contributed by atoms with Crippen LogP contribution in [0.4, 0.5) is 0 Å². The van der Waals surface area contributed by atoms with Gasteiger partial charge in [0.25, 0.3) is 0 Å². The van der Waals surface area contributed by atoms with Gasteiger partial charge in [-0.05, 0) is 51.7 Å². The average molecular weight is 292 g/mol. The fourth-order valence-corrected chi connectivity index (χ4v) is 4.00. The molecule has 2 aromatic heterocycles. The summed E-state index contributed by atoms with van der Waals surface area (Å²) in [6.45, 7) is 7.39. The van der Waals surface area contributed by atoms with Crippen molar-refractivity contribution in [1.29, 1.82) is 0 Å². The Morgan fingerprint density at radius 2 is 2.05 bits per heavy atom. The molecule has 3 rings (SSSR count). The summed E-state index contributed by atoms with van der Waals surface area (Å²) < 4.78 is 5.24. The van der Waals surface area contributed by atoms with Crippen molar-refractivity contribution in [3.05, 3.63) is 10.5 Å². The van der Waals surface area contributed by atoms with Crippen LogP contribution in [0.5, 0.6) is 0 Å². The number of hydrogen-bond donors (Lipinski definition) is 1. The highest BCUT2D eigenvalue weighted by Gasteiger charge is 2.25. The highest BCUT2D eigenvalue weighted by molar-refractivity contribution is 7.71. The van der Waals surface area contributed by atoms with Gasteiger partial charge < -0.3 is 4.98 Å². The van der Waals surface area contributed by atoms with Crippen molar-refractivity contribution in [3.8, 4) is 0 Å². The lowest BCUT2D eigenvalue weighted by atomic mass is 9.84. The van der Waals surface area contributed by atoms with Crippen molar-refractivity contribution in [3.63, 3.8) is 0 Å². The number of aromatic amines is 1. The molecule has 2 aromatic rings. The SMILES string of the molecule is CCn1nc(C)c2[nH]c(=S)n(C(C)C3CCCCC3)c21. The zero-order valence-corrected chi connectivity index (χ0v) is 13.5. The minimum Gasteiger partial charge on any atom is -0.328 e. The second-order valence-corrected chi connectivity index (χ2v) is 6.43. The third kappa shape index (κ3) is 2.12. The smallest absolute Gasteiger partial charge is 0.179 e. The molecule has 1 aliphatic rings. The summed E-state index contributed by atoms with van der Waals surface area (Å²) in [6.07, 6.45) is 6.77. The van der Waals surface area contributed by atoms with Gasteiger partial charge in [-0.15, -0.1) is 0 Å². The van der Waals surface area contributed by atoms with Crippen molar-refractivity contribution in [2.75, 3.05) is 0 Å². The first-order valence-electron chi connectivity index (χ1n) is 7.81. The Labute approximate surface area is 125 Å². The van der Waals surface area contributed by atoms with Crippen LogP contribution < -0.4 is 0 Å². The van der Waals surface area contributed by atoms with E-state index < -0.39 is 0 Å². The van der Waals surface area contributed by atoms with Gasteiger partial charge in [0.05, 0.1) is 5.69 Å². The monoisotopic (exact) mass is 292 g/mol. The van der Waals surface area contributed by atoms with Crippen LogP contribution in [-0.4, -0.2) is 19.3 Å². The summed E-state index contributed by atoms with van der Waals surface area (Å²) in [5.74, 6) is 0.745. The molecule has 1 unspecified atom stereocenters. The molecule has 0 bridgehead atoms. The topological polar surface area (TPSA) is 38.5 Å². The van der Waals surface area contributed by atoms with Crippen molar-refractivity contribution in [2.24, 2.45) is 5.92 Å². The Hall–Kier alpha value is -1.10. The Morgan fingerprint density at radius 3 is 2.70 bits per heavy atom. The number of aryl methyl sites for hydroxylation is 2. The molecular weight excluding hydrogens is 268 g/mol. The quantitative estimate of drug-likeness (QED) is 0.853. The van der Waals surface area contributed by atoms with Crippen LogP contribution in [0.2, 0.25) is 0 Å². The first-order chi connectivity index (χ1) is 9.63. The van der Waals surface area contributed by atoms with Gasteiger partial charge in [-0.25, -0.2) is 4.68 Å². The molecule has 1 aliphatic carbocycles. The fraction of sp³-hybridized carbons (Fsp3) is 0.733. The Morgan fingerprint density at radius 1 is 1.35 bits per heavy atom. The number of fused-ring (bicyclic) bond motifs is 1. The van der Waals surface area contributed by atoms with Gasteiger partial charge in [0, 0.05) is 12.6 Å². The maximum atomic E-state index is 5.59. The van der Waals surface area contributed by atoms with Gasteiger partial charge in [0.2, 0.25) is 0 Å². The van der Waals surface area contributed by atoms with Crippen LogP contribution in [-0.2, 0) is 6.54 Å². The number of nitrogens with one attached hydrogen (secondary N) is 1. The predicted molar refractivity (Wildman–Crippen MR) is 84.6 cm³/mol. The van der Waals surface area contributed by atoms with E-state index in [4.69, 9.17) is 12.2 Å². The van der Waals surface area contributed by atoms with Gasteiger partial charge in [0.1, 0.15) is 5.52 Å². The molecule has 0 aromatic carbocycles. The van der Waals surface area contributed by atoms with Crippen LogP contribution in [0.25, 0.3) is 11.2 Å². The van der Waals surface area contributed by atoms with Crippen molar-refractivity contribution in [2.45, 2.75) is 65.5 Å². The highest BCUT2D eigenvalue weighted by Crippen LogP contribution is 2.35. The molecule has 4 nitrogen and oxygen atoms in total. The molecule has 0 spiro atoms. The highest BCUT2D eigenvalue weighted by atomic mass is 32.1. The number of hydrogen-bond acceptors (Lipinski definition) is 2. The zero-order chi connectivity index (χ0) is 14.3. The van der Waals surface area contributed by atoms with Gasteiger partial charge in [-0.1, -0.05) is 19.3 Å². The third-order valence-electron chi connectivity index (χ3n) is 4.82. The van der Waals surface area contributed by atoms with E-state index in [0.717, 1.165) is 28.4 Å². The molecule has 0 amide bonds. The Kier molecular flexibility index (Phi) is 3.71. The lowest BCUT2D eigenvalue weighted by Gasteiger charge is -2.28. The van der Waals surface area contributed by atoms with Gasteiger partial charge in [0.15, 0.2) is 10.4 Å². The van der Waals surface area contributed by atoms with Crippen LogP contribution in [0, 0.1) is 17.6 Å². The fourth-order valence-electron chi connectivity index (χ4n) is 3.65. The van der Waals surface area contributed by atoms with E-state index in [9.17, 15) is 0 Å². The Balaban J connectivity index is 2.09. The molecule has 2 heterocycles. The summed E-state index contributed by atoms with van der Waals surface area (Å²) in [4.78, 5) is 3.36. The maximum absolute atomic E-state index is 5.59. The minimum absolute atomic E-state index is 0.456. The zero-order valence-electron chi connectivity index (χ0n) is 12.6. The predicted octanol–water partition coefficient (Wildman–Crippen LogP) is 4.37. The van der Waals surface area contributed by atoms with Crippen LogP contribution in [0.1, 0.15) is 57.7 Å². The van der Waals surface area contributed by atoms with Crippen molar-refractivity contribution >= 4 is 23.4 Å². The lowest BCUT2D eigenvalue weighted by molar-refractivity contribution is 0.264. The number of rotatable bonds is 3. The summed E-state index contributed by atoms with van der Waals surface area (Å²) >= 11 is 5.59. The number of imidazole rings is 1. The van der Waals surface area contributed by atoms with E-state index >= 15 is 0 Å². The molecule has 1 N–H and O–H groups in total. The number of H-pyrrole nitrogens is 1. The molecule has 1 atom stereocenters. The summed E-state index contributed by atoms with van der Waals surface area (Å²) in [5.41, 5.74) is 3.33. The first-order valence-corrected chi connectivity index (χ1v) is 8.22. The van der Waals surface area contributed by atoms with Crippen molar-refractivity contribution < 1.29 is 0 Å². The lowest BCUT2D eigenvalue weighted by Crippen LogP contribution is -2.20. The third-order valence-corrected chi connectivity index (χ3v) is 5.12. The molecule has 0 saturated heterocycles. The van der Waals surface area contributed by atoms with Crippen LogP contribution in [0.15, 0.2) is 0 Å². The molecule has 1 saturated carbocycles. The molecule has 1 fully saturated rings. The molecule has 0 aliphatic heterocycles. The van der Waals surface area contributed by atoms with E-state index in [1.807, 2.05) is 0 Å². The standard InChI is InChI=1S/C15H24N4S/c1-4-18-14-13(10(2)17-18)16-15(20)19(14)11(3)12-8-6-5-7-9-12/h11-12H,4-9H2,1-3H3,(H,16,20). The normalized spacial score (nSPS) is 18.8. The average Bonchev–Trinajstić information content (AvgIpc) is 2.96. The second kappa shape index (κ2) is 5.35. The molecule has 20 heavy (non-hydrogen) atoms. The van der Waals surface area contributed by atoms with Gasteiger partial charge in [-0.2, -0.15) is 5.10 Å². The van der Waals surface area contributed by atoms with E-state index in [1.54, 1.807) is 0 Å². The van der Waals surface area contributed by atoms with E-state index in [1.165, 1.54) is 37.8 Å². The van der Waals surface area contributed by atoms with E-state index in [0.29, 0.717) is 6.04 Å². The molecule has 0 radical (unpaired) electrons. The first kappa shape index (κ1) is 13.9. The van der Waals surface area contributed by atoms with Crippen LogP contribution >= 0.6 is 12.2 Å². The summed E-state index contributed by atoms with van der Waals surface area (Å²) in [7, 11) is 0. The maximum Gasteiger partial charge on any atom is 0.179 e. The summed E-state index contributed by atoms with van der Waals surface area (Å²) in [5, 5.41) is 4.62. The number of aromatic nitrogens is 4. The van der Waals surface area contributed by atoms with E-state index in [-0.39, 0.29) is 0 Å². The largest absolute Gasteiger partial charge is 0.328 e. The molecular formula is C15H24N4S. The second-order valence-electron chi connectivity index (χ2n) is 6.04. The van der Waals surface area contributed by atoms with E-state index in [2.05, 4.69) is 40.1 Å². The molecule has 5 heteroatoms. The molecule has 110 valence electrons. The number of nitrogens with zero attached hydrogens (tertiary/aromatic N) is 3. The van der Waals surface area contributed by atoms with Crippen molar-refractivity contribution in [1.82, 2.24) is 19.3 Å². The summed E-state index contributed by atoms with van der Waals surface area (Å²) in [6, 6.07) is 0.456. The van der Waals surface area contributed by atoms with Gasteiger partial charge in [-0.3, -0.25) is 4.57 Å². The van der Waals surface area contributed by atoms with Crippen LogP contribution in [0.3, 0.4) is 0 Å². The Bertz CT molecular complexity index is 657. The van der Waals surface area contributed by atoms with Gasteiger partial charge >= 0.3 is 0 Å².